The van der Waals surface area contributed by atoms with Gasteiger partial charge in [0.15, 0.2) is 0 Å². The number of nitrogens with one attached hydrogen (secondary N) is 1. The fraction of sp³-hybridized carbons (Fsp3) is 0.529. The molecule has 1 aromatic carbocycles. The summed E-state index contributed by atoms with van der Waals surface area (Å²) in [7, 11) is 0. The van der Waals surface area contributed by atoms with Crippen LogP contribution in [0.4, 0.5) is 0 Å². The lowest BCUT2D eigenvalue weighted by Gasteiger charge is -2.14. The van der Waals surface area contributed by atoms with Crippen LogP contribution < -0.4 is 5.32 Å². The van der Waals surface area contributed by atoms with Gasteiger partial charge in [-0.1, -0.05) is 42.0 Å². The summed E-state index contributed by atoms with van der Waals surface area (Å²) in [6.45, 7) is 3.44. The molecule has 0 heterocycles. The highest BCUT2D eigenvalue weighted by Gasteiger charge is 2.05. The molecule has 18 heavy (non-hydrogen) atoms. The van der Waals surface area contributed by atoms with Crippen molar-refractivity contribution < 1.29 is 0 Å². The van der Waals surface area contributed by atoms with Crippen LogP contribution in [0, 0.1) is 0 Å². The first-order valence-corrected chi connectivity index (χ1v) is 7.30. The van der Waals surface area contributed by atoms with Gasteiger partial charge in [0, 0.05) is 6.04 Å². The summed E-state index contributed by atoms with van der Waals surface area (Å²) in [5.41, 5.74) is 3.11. The van der Waals surface area contributed by atoms with Crippen LogP contribution in [-0.4, -0.2) is 12.6 Å². The highest BCUT2D eigenvalue weighted by atomic mass is 14.9. The molecule has 98 valence electrons. The second-order valence-corrected chi connectivity index (χ2v) is 5.38. The molecular weight excluding hydrogens is 218 g/mol. The first-order chi connectivity index (χ1) is 8.84. The summed E-state index contributed by atoms with van der Waals surface area (Å²) in [6, 6.07) is 11.4. The van der Waals surface area contributed by atoms with Crippen molar-refractivity contribution in [1.29, 1.82) is 0 Å². The monoisotopic (exact) mass is 243 g/mol. The van der Waals surface area contributed by atoms with E-state index in [4.69, 9.17) is 0 Å². The van der Waals surface area contributed by atoms with E-state index in [1.807, 2.05) is 0 Å². The van der Waals surface area contributed by atoms with E-state index in [0.717, 1.165) is 6.54 Å². The van der Waals surface area contributed by atoms with Crippen LogP contribution in [0.3, 0.4) is 0 Å². The third-order valence-electron chi connectivity index (χ3n) is 3.78. The molecule has 0 spiro atoms. The molecule has 2 rings (SSSR count). The van der Waals surface area contributed by atoms with E-state index in [1.165, 1.54) is 44.1 Å². The van der Waals surface area contributed by atoms with Crippen molar-refractivity contribution in [3.63, 3.8) is 0 Å². The lowest BCUT2D eigenvalue weighted by Crippen LogP contribution is -2.27. The fourth-order valence-corrected chi connectivity index (χ4v) is 2.57. The van der Waals surface area contributed by atoms with Gasteiger partial charge in [0.25, 0.3) is 0 Å². The molecule has 1 unspecified atom stereocenters. The normalized spacial score (nSPS) is 16.6. The zero-order valence-corrected chi connectivity index (χ0v) is 11.5. The van der Waals surface area contributed by atoms with Crippen LogP contribution in [0.15, 0.2) is 42.0 Å². The van der Waals surface area contributed by atoms with Gasteiger partial charge >= 0.3 is 0 Å². The van der Waals surface area contributed by atoms with Crippen molar-refractivity contribution >= 4 is 0 Å². The van der Waals surface area contributed by atoms with Gasteiger partial charge in [-0.25, -0.2) is 0 Å². The van der Waals surface area contributed by atoms with Crippen molar-refractivity contribution in [3.05, 3.63) is 47.5 Å². The van der Waals surface area contributed by atoms with E-state index in [0.29, 0.717) is 6.04 Å². The Morgan fingerprint density at radius 3 is 2.72 bits per heavy atom. The van der Waals surface area contributed by atoms with E-state index < -0.39 is 0 Å². The van der Waals surface area contributed by atoms with Crippen LogP contribution >= 0.6 is 0 Å². The van der Waals surface area contributed by atoms with Gasteiger partial charge < -0.3 is 5.32 Å². The van der Waals surface area contributed by atoms with E-state index in [9.17, 15) is 0 Å². The molecule has 0 aliphatic heterocycles. The van der Waals surface area contributed by atoms with Gasteiger partial charge in [0.1, 0.15) is 0 Å². The molecule has 1 N–H and O–H groups in total. The molecule has 0 saturated carbocycles. The van der Waals surface area contributed by atoms with Crippen molar-refractivity contribution in [2.45, 2.75) is 51.5 Å². The Bertz CT molecular complexity index is 366. The van der Waals surface area contributed by atoms with E-state index >= 15 is 0 Å². The maximum atomic E-state index is 3.64. The molecule has 0 radical (unpaired) electrons. The molecule has 1 aromatic rings. The number of allylic oxidation sites excluding steroid dienone is 1. The molecule has 1 atom stereocenters. The number of aryl methyl sites for hydroxylation is 1. The molecular formula is C17H25N. The van der Waals surface area contributed by atoms with Gasteiger partial charge in [0.05, 0.1) is 0 Å². The van der Waals surface area contributed by atoms with Crippen molar-refractivity contribution in [2.75, 3.05) is 6.54 Å². The summed E-state index contributed by atoms with van der Waals surface area (Å²) in [6.07, 6.45) is 10.1. The van der Waals surface area contributed by atoms with Crippen molar-refractivity contribution in [3.8, 4) is 0 Å². The van der Waals surface area contributed by atoms with Crippen LogP contribution in [0.5, 0.6) is 0 Å². The Hall–Kier alpha value is -1.08. The second-order valence-electron chi connectivity index (χ2n) is 5.38. The summed E-state index contributed by atoms with van der Waals surface area (Å²) < 4.78 is 0. The quantitative estimate of drug-likeness (QED) is 0.711. The molecule has 0 amide bonds. The SMILES string of the molecule is CC(CCc1ccccc1)NCCC1=CCCC1. The summed E-state index contributed by atoms with van der Waals surface area (Å²) >= 11 is 0. The molecule has 0 saturated heterocycles. The van der Waals surface area contributed by atoms with Gasteiger partial charge in [-0.3, -0.25) is 0 Å². The van der Waals surface area contributed by atoms with Gasteiger partial charge in [0.2, 0.25) is 0 Å². The van der Waals surface area contributed by atoms with E-state index in [1.54, 1.807) is 5.57 Å². The summed E-state index contributed by atoms with van der Waals surface area (Å²) in [5, 5.41) is 3.64. The smallest absolute Gasteiger partial charge is 0.00420 e. The number of hydrogen-bond donors (Lipinski definition) is 1. The zero-order valence-electron chi connectivity index (χ0n) is 11.5. The molecule has 1 heteroatoms. The average molecular weight is 243 g/mol. The molecule has 0 aromatic heterocycles. The highest BCUT2D eigenvalue weighted by molar-refractivity contribution is 5.14. The van der Waals surface area contributed by atoms with Crippen LogP contribution in [0.25, 0.3) is 0 Å². The predicted octanol–water partition coefficient (Wildman–Crippen LogP) is 4.10. The van der Waals surface area contributed by atoms with E-state index in [-0.39, 0.29) is 0 Å². The first-order valence-electron chi connectivity index (χ1n) is 7.30. The predicted molar refractivity (Wildman–Crippen MR) is 78.8 cm³/mol. The Morgan fingerprint density at radius 1 is 1.17 bits per heavy atom. The Balaban J connectivity index is 1.59. The Kier molecular flexibility index (Phi) is 5.47. The van der Waals surface area contributed by atoms with Crippen molar-refractivity contribution in [1.82, 2.24) is 5.32 Å². The van der Waals surface area contributed by atoms with Crippen molar-refractivity contribution in [2.24, 2.45) is 0 Å². The number of hydrogen-bond acceptors (Lipinski definition) is 1. The third-order valence-corrected chi connectivity index (χ3v) is 3.78. The molecule has 1 nitrogen and oxygen atoms in total. The molecule has 0 fully saturated rings. The first kappa shape index (κ1) is 13.4. The molecule has 0 bridgehead atoms. The minimum absolute atomic E-state index is 0.618. The van der Waals surface area contributed by atoms with Gasteiger partial charge in [-0.15, -0.1) is 0 Å². The second kappa shape index (κ2) is 7.38. The summed E-state index contributed by atoms with van der Waals surface area (Å²) in [5.74, 6) is 0. The third kappa shape index (κ3) is 4.66. The standard InChI is InChI=1S/C17H25N/c1-15(11-12-16-7-3-2-4-8-16)18-14-13-17-9-5-6-10-17/h2-4,7-9,15,18H,5-6,10-14H2,1H3. The highest BCUT2D eigenvalue weighted by Crippen LogP contribution is 2.19. The topological polar surface area (TPSA) is 12.0 Å². The largest absolute Gasteiger partial charge is 0.314 e. The maximum absolute atomic E-state index is 3.64. The average Bonchev–Trinajstić information content (AvgIpc) is 2.91. The van der Waals surface area contributed by atoms with Gasteiger partial charge in [-0.05, 0) is 57.6 Å². The van der Waals surface area contributed by atoms with Crippen LogP contribution in [0.1, 0.15) is 44.6 Å². The van der Waals surface area contributed by atoms with Gasteiger partial charge in [-0.2, -0.15) is 0 Å². The minimum Gasteiger partial charge on any atom is -0.314 e. The zero-order chi connectivity index (χ0) is 12.6. The van der Waals surface area contributed by atoms with E-state index in [2.05, 4.69) is 48.6 Å². The summed E-state index contributed by atoms with van der Waals surface area (Å²) in [4.78, 5) is 0. The lowest BCUT2D eigenvalue weighted by atomic mass is 10.1. The fourth-order valence-electron chi connectivity index (χ4n) is 2.57. The minimum atomic E-state index is 0.618. The Labute approximate surface area is 111 Å². The van der Waals surface area contributed by atoms with Crippen LogP contribution in [-0.2, 0) is 6.42 Å². The molecule has 1 aliphatic rings. The maximum Gasteiger partial charge on any atom is 0.00420 e. The lowest BCUT2D eigenvalue weighted by molar-refractivity contribution is 0.515. The number of benzene rings is 1. The molecule has 1 aliphatic carbocycles. The Morgan fingerprint density at radius 2 is 2.00 bits per heavy atom. The number of rotatable bonds is 7. The van der Waals surface area contributed by atoms with Crippen LogP contribution in [0.2, 0.25) is 0 Å².